The third-order valence-corrected chi connectivity index (χ3v) is 4.02. The molecule has 7 nitrogen and oxygen atoms in total. The van der Waals surface area contributed by atoms with Gasteiger partial charge in [0.15, 0.2) is 5.82 Å². The summed E-state index contributed by atoms with van der Waals surface area (Å²) in [5.41, 5.74) is 1.36. The van der Waals surface area contributed by atoms with Gasteiger partial charge in [0, 0.05) is 30.9 Å². The number of nitrogens with zero attached hydrogens (tertiary/aromatic N) is 4. The number of hydrogen-bond acceptors (Lipinski definition) is 5. The van der Waals surface area contributed by atoms with E-state index in [1.54, 1.807) is 30.5 Å². The Labute approximate surface area is 139 Å². The third-order valence-electron chi connectivity index (χ3n) is 4.02. The molecule has 0 radical (unpaired) electrons. The second-order valence-corrected chi connectivity index (χ2v) is 5.65. The molecule has 3 rings (SSSR count). The van der Waals surface area contributed by atoms with Gasteiger partial charge in [-0.15, -0.1) is 0 Å². The standard InChI is InChI=1S/C17H17N5O2/c18-11-12-2-1-3-13(10-12)16-19-7-4-15(21-16)20-14-5-8-22(9-6-14)17(23)24/h1-4,7,10,14H,5-6,8-9H2,(H,23,24)(H,19,20,21). The fraction of sp³-hybridized carbons (Fsp3) is 0.294. The number of amides is 1. The van der Waals surface area contributed by atoms with Crippen molar-refractivity contribution in [1.29, 1.82) is 5.26 Å². The number of likely N-dealkylation sites (tertiary alicyclic amines) is 1. The highest BCUT2D eigenvalue weighted by atomic mass is 16.4. The summed E-state index contributed by atoms with van der Waals surface area (Å²) in [6.45, 7) is 1.05. The lowest BCUT2D eigenvalue weighted by atomic mass is 10.1. The number of benzene rings is 1. The molecule has 0 spiro atoms. The minimum Gasteiger partial charge on any atom is -0.465 e. The van der Waals surface area contributed by atoms with Crippen LogP contribution in [0.5, 0.6) is 0 Å². The van der Waals surface area contributed by atoms with E-state index < -0.39 is 6.09 Å². The Bertz CT molecular complexity index is 779. The molecule has 1 aromatic heterocycles. The summed E-state index contributed by atoms with van der Waals surface area (Å²) in [5.74, 6) is 1.26. The van der Waals surface area contributed by atoms with Crippen molar-refractivity contribution >= 4 is 11.9 Å². The van der Waals surface area contributed by atoms with Crippen molar-refractivity contribution in [1.82, 2.24) is 14.9 Å². The zero-order valence-corrected chi connectivity index (χ0v) is 13.0. The van der Waals surface area contributed by atoms with Crippen molar-refractivity contribution in [2.45, 2.75) is 18.9 Å². The largest absolute Gasteiger partial charge is 0.465 e. The van der Waals surface area contributed by atoms with E-state index in [2.05, 4.69) is 21.4 Å². The van der Waals surface area contributed by atoms with Gasteiger partial charge in [0.05, 0.1) is 11.6 Å². The fourth-order valence-electron chi connectivity index (χ4n) is 2.73. The predicted molar refractivity (Wildman–Crippen MR) is 88.4 cm³/mol. The van der Waals surface area contributed by atoms with Crippen LogP contribution in [0.1, 0.15) is 18.4 Å². The first-order valence-electron chi connectivity index (χ1n) is 7.73. The maximum absolute atomic E-state index is 10.9. The molecule has 1 amide bonds. The van der Waals surface area contributed by atoms with Crippen molar-refractivity contribution in [3.8, 4) is 17.5 Å². The van der Waals surface area contributed by atoms with Gasteiger partial charge in [0.25, 0.3) is 0 Å². The van der Waals surface area contributed by atoms with E-state index in [0.717, 1.165) is 18.4 Å². The molecule has 1 aromatic carbocycles. The lowest BCUT2D eigenvalue weighted by Crippen LogP contribution is -2.41. The van der Waals surface area contributed by atoms with E-state index >= 15 is 0 Å². The predicted octanol–water partition coefficient (Wildman–Crippen LogP) is 2.57. The average molecular weight is 323 g/mol. The molecule has 122 valence electrons. The quantitative estimate of drug-likeness (QED) is 0.900. The first-order valence-corrected chi connectivity index (χ1v) is 7.73. The topological polar surface area (TPSA) is 102 Å². The van der Waals surface area contributed by atoms with E-state index in [1.807, 2.05) is 6.07 Å². The van der Waals surface area contributed by atoms with Crippen LogP contribution in [-0.4, -0.2) is 45.2 Å². The minimum atomic E-state index is -0.866. The zero-order valence-electron chi connectivity index (χ0n) is 13.0. The fourth-order valence-corrected chi connectivity index (χ4v) is 2.73. The number of nitrogens with one attached hydrogen (secondary N) is 1. The van der Waals surface area contributed by atoms with Crippen LogP contribution in [0.2, 0.25) is 0 Å². The normalized spacial score (nSPS) is 14.9. The van der Waals surface area contributed by atoms with E-state index in [4.69, 9.17) is 10.4 Å². The molecule has 0 aliphatic carbocycles. The first-order chi connectivity index (χ1) is 11.7. The summed E-state index contributed by atoms with van der Waals surface area (Å²) in [5, 5.41) is 21.3. The molecule has 1 aliphatic rings. The van der Waals surface area contributed by atoms with Gasteiger partial charge in [0.2, 0.25) is 0 Å². The van der Waals surface area contributed by atoms with Crippen molar-refractivity contribution < 1.29 is 9.90 Å². The van der Waals surface area contributed by atoms with Crippen LogP contribution in [0.15, 0.2) is 36.5 Å². The number of nitriles is 1. The first kappa shape index (κ1) is 15.7. The van der Waals surface area contributed by atoms with Crippen LogP contribution in [0.25, 0.3) is 11.4 Å². The lowest BCUT2D eigenvalue weighted by Gasteiger charge is -2.30. The van der Waals surface area contributed by atoms with Crippen molar-refractivity contribution in [3.05, 3.63) is 42.1 Å². The van der Waals surface area contributed by atoms with E-state index in [-0.39, 0.29) is 6.04 Å². The van der Waals surface area contributed by atoms with Crippen molar-refractivity contribution in [3.63, 3.8) is 0 Å². The highest BCUT2D eigenvalue weighted by molar-refractivity contribution is 5.65. The van der Waals surface area contributed by atoms with Gasteiger partial charge in [-0.1, -0.05) is 12.1 Å². The molecular weight excluding hydrogens is 306 g/mol. The molecule has 0 bridgehead atoms. The number of anilines is 1. The second-order valence-electron chi connectivity index (χ2n) is 5.65. The smallest absolute Gasteiger partial charge is 0.407 e. The number of piperidine rings is 1. The minimum absolute atomic E-state index is 0.189. The molecule has 24 heavy (non-hydrogen) atoms. The van der Waals surface area contributed by atoms with Gasteiger partial charge in [-0.2, -0.15) is 5.26 Å². The van der Waals surface area contributed by atoms with Crippen LogP contribution in [-0.2, 0) is 0 Å². The summed E-state index contributed by atoms with van der Waals surface area (Å²) < 4.78 is 0. The van der Waals surface area contributed by atoms with Gasteiger partial charge in [-0.3, -0.25) is 0 Å². The van der Waals surface area contributed by atoms with Crippen LogP contribution in [0, 0.1) is 11.3 Å². The molecule has 2 heterocycles. The number of carboxylic acid groups (broad SMARTS) is 1. The van der Waals surface area contributed by atoms with Gasteiger partial charge < -0.3 is 15.3 Å². The maximum atomic E-state index is 10.9. The summed E-state index contributed by atoms with van der Waals surface area (Å²) >= 11 is 0. The van der Waals surface area contributed by atoms with E-state index in [0.29, 0.717) is 30.3 Å². The maximum Gasteiger partial charge on any atom is 0.407 e. The molecule has 1 aliphatic heterocycles. The molecule has 0 unspecified atom stereocenters. The molecule has 0 saturated carbocycles. The monoisotopic (exact) mass is 323 g/mol. The molecule has 7 heteroatoms. The number of hydrogen-bond donors (Lipinski definition) is 2. The Morgan fingerprint density at radius 2 is 2.12 bits per heavy atom. The van der Waals surface area contributed by atoms with Crippen LogP contribution in [0.3, 0.4) is 0 Å². The lowest BCUT2D eigenvalue weighted by molar-refractivity contribution is 0.134. The summed E-state index contributed by atoms with van der Waals surface area (Å²) in [6.07, 6.45) is 2.30. The Kier molecular flexibility index (Phi) is 4.57. The number of aromatic nitrogens is 2. The van der Waals surface area contributed by atoms with Crippen molar-refractivity contribution in [2.75, 3.05) is 18.4 Å². The zero-order chi connectivity index (χ0) is 16.9. The molecule has 2 N–H and O–H groups in total. The van der Waals surface area contributed by atoms with Crippen LogP contribution >= 0.6 is 0 Å². The van der Waals surface area contributed by atoms with Gasteiger partial charge in [-0.05, 0) is 31.0 Å². The Balaban J connectivity index is 1.70. The highest BCUT2D eigenvalue weighted by Crippen LogP contribution is 2.19. The van der Waals surface area contributed by atoms with Gasteiger partial charge in [-0.25, -0.2) is 14.8 Å². The summed E-state index contributed by atoms with van der Waals surface area (Å²) in [6, 6.07) is 11.3. The Morgan fingerprint density at radius 3 is 2.83 bits per heavy atom. The SMILES string of the molecule is N#Cc1cccc(-c2nccc(NC3CCN(C(=O)O)CC3)n2)c1. The molecule has 2 aromatic rings. The van der Waals surface area contributed by atoms with E-state index in [9.17, 15) is 4.79 Å². The average Bonchev–Trinajstić information content (AvgIpc) is 2.62. The molecule has 1 saturated heterocycles. The summed E-state index contributed by atoms with van der Waals surface area (Å²) in [4.78, 5) is 21.1. The highest BCUT2D eigenvalue weighted by Gasteiger charge is 2.22. The Morgan fingerprint density at radius 1 is 1.33 bits per heavy atom. The molecular formula is C17H17N5O2. The van der Waals surface area contributed by atoms with Crippen LogP contribution < -0.4 is 5.32 Å². The third kappa shape index (κ3) is 3.60. The molecule has 0 atom stereocenters. The molecule has 1 fully saturated rings. The Hall–Kier alpha value is -3.14. The number of rotatable bonds is 3. The summed E-state index contributed by atoms with van der Waals surface area (Å²) in [7, 11) is 0. The van der Waals surface area contributed by atoms with Gasteiger partial charge >= 0.3 is 6.09 Å². The van der Waals surface area contributed by atoms with Crippen molar-refractivity contribution in [2.24, 2.45) is 0 Å². The van der Waals surface area contributed by atoms with Crippen LogP contribution in [0.4, 0.5) is 10.6 Å². The second kappa shape index (κ2) is 6.96. The van der Waals surface area contributed by atoms with Gasteiger partial charge in [0.1, 0.15) is 5.82 Å². The number of carbonyl (C=O) groups is 1. The van der Waals surface area contributed by atoms with E-state index in [1.165, 1.54) is 4.90 Å².